The molecule has 7 rings (SSSR count). The molecule has 3 heterocycles. The topological polar surface area (TPSA) is 56.7 Å². The Balaban J connectivity index is 1.31. The molecule has 0 N–H and O–H groups in total. The van der Waals surface area contributed by atoms with Crippen molar-refractivity contribution in [3.05, 3.63) is 72.8 Å². The third-order valence-corrected chi connectivity index (χ3v) is 6.29. The van der Waals surface area contributed by atoms with E-state index in [0.717, 1.165) is 57.8 Å². The van der Waals surface area contributed by atoms with Gasteiger partial charge in [-0.1, -0.05) is 24.3 Å². The van der Waals surface area contributed by atoms with E-state index in [2.05, 4.69) is 42.5 Å². The minimum atomic E-state index is 0.228. The molecule has 0 radical (unpaired) electrons. The molecule has 164 valence electrons. The molecule has 2 aliphatic heterocycles. The van der Waals surface area contributed by atoms with Gasteiger partial charge in [-0.15, -0.1) is 0 Å². The summed E-state index contributed by atoms with van der Waals surface area (Å²) in [6, 6.07) is 24.8. The van der Waals surface area contributed by atoms with Crippen LogP contribution in [0.2, 0.25) is 0 Å². The Kier molecular flexibility index (Phi) is 4.32. The van der Waals surface area contributed by atoms with Crippen molar-refractivity contribution in [2.24, 2.45) is 0 Å². The van der Waals surface area contributed by atoms with Gasteiger partial charge in [-0.25, -0.2) is 0 Å². The lowest BCUT2D eigenvalue weighted by atomic mass is 9.98. The number of fused-ring (bicyclic) bond motifs is 6. The van der Waals surface area contributed by atoms with Crippen LogP contribution >= 0.6 is 0 Å². The number of epoxide rings is 2. The minimum Gasteiger partial charge on any atom is -0.491 e. The Bertz CT molecular complexity index is 1480. The fourth-order valence-electron chi connectivity index (χ4n) is 4.34. The van der Waals surface area contributed by atoms with Gasteiger partial charge in [0.2, 0.25) is 0 Å². The summed E-state index contributed by atoms with van der Waals surface area (Å²) in [6.45, 7) is 2.77. The molecule has 0 saturated carbocycles. The second-order valence-corrected chi connectivity index (χ2v) is 8.66. The zero-order valence-electron chi connectivity index (χ0n) is 18.0. The number of hydrogen-bond donors (Lipinski definition) is 0. The summed E-state index contributed by atoms with van der Waals surface area (Å²) in [5.41, 5.74) is 1.91. The summed E-state index contributed by atoms with van der Waals surface area (Å²) in [5, 5.41) is 5.67. The molecular formula is C28H22O5. The molecule has 0 bridgehead atoms. The van der Waals surface area contributed by atoms with E-state index in [1.165, 1.54) is 10.8 Å². The molecule has 5 nitrogen and oxygen atoms in total. The lowest BCUT2D eigenvalue weighted by molar-refractivity contribution is 0.263. The first kappa shape index (κ1) is 19.0. The third-order valence-electron chi connectivity index (χ3n) is 6.29. The standard InChI is InChI=1S/C28H22O5/c1-2-4-23-22(3-1)25-11-19(30-14-21-16-32-21)9-10-24(25)28-26(23)12-27(33-28)17-5-7-18(8-6-17)29-13-20-15-31-20/h1-12,20-21H,13-16H2. The van der Waals surface area contributed by atoms with Crippen molar-refractivity contribution in [2.45, 2.75) is 12.2 Å². The summed E-state index contributed by atoms with van der Waals surface area (Å²) in [6.07, 6.45) is 0.473. The molecule has 4 aromatic carbocycles. The first-order valence-electron chi connectivity index (χ1n) is 11.3. The zero-order valence-corrected chi connectivity index (χ0v) is 18.0. The monoisotopic (exact) mass is 438 g/mol. The Labute approximate surface area is 190 Å². The molecule has 2 unspecified atom stereocenters. The van der Waals surface area contributed by atoms with E-state index in [1.54, 1.807) is 0 Å². The van der Waals surface area contributed by atoms with Gasteiger partial charge in [-0.05, 0) is 64.7 Å². The zero-order chi connectivity index (χ0) is 21.8. The van der Waals surface area contributed by atoms with Gasteiger partial charge in [0.1, 0.15) is 48.3 Å². The molecule has 2 aliphatic rings. The van der Waals surface area contributed by atoms with Gasteiger partial charge in [0.05, 0.1) is 13.2 Å². The van der Waals surface area contributed by atoms with E-state index in [9.17, 15) is 0 Å². The number of furan rings is 1. The Morgan fingerprint density at radius 3 is 1.97 bits per heavy atom. The van der Waals surface area contributed by atoms with Crippen LogP contribution in [0.5, 0.6) is 11.5 Å². The van der Waals surface area contributed by atoms with Crippen molar-refractivity contribution in [3.8, 4) is 22.8 Å². The fourth-order valence-corrected chi connectivity index (χ4v) is 4.34. The van der Waals surface area contributed by atoms with Crippen molar-refractivity contribution >= 4 is 32.5 Å². The smallest absolute Gasteiger partial charge is 0.143 e. The second kappa shape index (κ2) is 7.51. The van der Waals surface area contributed by atoms with Crippen LogP contribution in [0.1, 0.15) is 0 Å². The van der Waals surface area contributed by atoms with Crippen molar-refractivity contribution < 1.29 is 23.4 Å². The van der Waals surface area contributed by atoms with Gasteiger partial charge < -0.3 is 23.4 Å². The second-order valence-electron chi connectivity index (χ2n) is 8.66. The van der Waals surface area contributed by atoms with Crippen LogP contribution in [0.3, 0.4) is 0 Å². The maximum absolute atomic E-state index is 6.45. The van der Waals surface area contributed by atoms with Crippen molar-refractivity contribution in [1.82, 2.24) is 0 Å². The van der Waals surface area contributed by atoms with Gasteiger partial charge in [0.15, 0.2) is 0 Å². The lowest BCUT2D eigenvalue weighted by Gasteiger charge is -2.09. The molecule has 0 amide bonds. The highest BCUT2D eigenvalue weighted by Gasteiger charge is 2.24. The quantitative estimate of drug-likeness (QED) is 0.232. The largest absolute Gasteiger partial charge is 0.491 e. The molecule has 33 heavy (non-hydrogen) atoms. The number of hydrogen-bond acceptors (Lipinski definition) is 5. The van der Waals surface area contributed by atoms with Gasteiger partial charge in [-0.2, -0.15) is 0 Å². The Morgan fingerprint density at radius 2 is 1.27 bits per heavy atom. The predicted octanol–water partition coefficient (Wildman–Crippen LogP) is 5.96. The first-order chi connectivity index (χ1) is 16.3. The van der Waals surface area contributed by atoms with Crippen LogP contribution in [0.25, 0.3) is 43.8 Å². The predicted molar refractivity (Wildman–Crippen MR) is 127 cm³/mol. The SMILES string of the molecule is c1ccc2c(c1)c1cc(OCC3CO3)ccc1c1oc(-c3ccc(OCC4CO4)cc3)cc21. The highest BCUT2D eigenvalue weighted by molar-refractivity contribution is 6.24. The van der Waals surface area contributed by atoms with E-state index in [1.807, 2.05) is 30.3 Å². The number of benzene rings is 4. The summed E-state index contributed by atoms with van der Waals surface area (Å²) in [4.78, 5) is 0. The van der Waals surface area contributed by atoms with Crippen molar-refractivity contribution in [3.63, 3.8) is 0 Å². The molecule has 5 aromatic rings. The average Bonchev–Trinajstić information content (AvgIpc) is 3.80. The molecule has 2 fully saturated rings. The molecule has 1 aromatic heterocycles. The summed E-state index contributed by atoms with van der Waals surface area (Å²) in [7, 11) is 0. The van der Waals surface area contributed by atoms with Gasteiger partial charge in [-0.3, -0.25) is 0 Å². The van der Waals surface area contributed by atoms with Crippen LogP contribution in [0.15, 0.2) is 77.2 Å². The normalized spacial score (nSPS) is 19.3. The van der Waals surface area contributed by atoms with E-state index in [-0.39, 0.29) is 12.2 Å². The van der Waals surface area contributed by atoms with Crippen LogP contribution in [-0.4, -0.2) is 38.6 Å². The Hall–Kier alpha value is -3.54. The number of rotatable bonds is 7. The molecule has 2 atom stereocenters. The van der Waals surface area contributed by atoms with Crippen LogP contribution in [0.4, 0.5) is 0 Å². The summed E-state index contributed by atoms with van der Waals surface area (Å²) in [5.74, 6) is 2.53. The van der Waals surface area contributed by atoms with Gasteiger partial charge >= 0.3 is 0 Å². The van der Waals surface area contributed by atoms with Gasteiger partial charge in [0.25, 0.3) is 0 Å². The average molecular weight is 438 g/mol. The fraction of sp³-hybridized carbons (Fsp3) is 0.214. The highest BCUT2D eigenvalue weighted by atomic mass is 16.6. The van der Waals surface area contributed by atoms with Crippen molar-refractivity contribution in [1.29, 1.82) is 0 Å². The molecule has 5 heteroatoms. The van der Waals surface area contributed by atoms with Crippen molar-refractivity contribution in [2.75, 3.05) is 26.4 Å². The van der Waals surface area contributed by atoms with E-state index < -0.39 is 0 Å². The summed E-state index contributed by atoms with van der Waals surface area (Å²) < 4.78 is 28.6. The van der Waals surface area contributed by atoms with Crippen LogP contribution in [0, 0.1) is 0 Å². The Morgan fingerprint density at radius 1 is 0.636 bits per heavy atom. The molecular weight excluding hydrogens is 416 g/mol. The van der Waals surface area contributed by atoms with Gasteiger partial charge in [0, 0.05) is 16.3 Å². The lowest BCUT2D eigenvalue weighted by Crippen LogP contribution is -2.03. The van der Waals surface area contributed by atoms with E-state index >= 15 is 0 Å². The first-order valence-corrected chi connectivity index (χ1v) is 11.3. The molecule has 0 aliphatic carbocycles. The van der Waals surface area contributed by atoms with E-state index in [4.69, 9.17) is 23.4 Å². The molecule has 2 saturated heterocycles. The molecule has 0 spiro atoms. The van der Waals surface area contributed by atoms with Crippen LogP contribution < -0.4 is 9.47 Å². The maximum atomic E-state index is 6.45. The third kappa shape index (κ3) is 3.59. The highest BCUT2D eigenvalue weighted by Crippen LogP contribution is 2.40. The summed E-state index contributed by atoms with van der Waals surface area (Å²) >= 11 is 0. The van der Waals surface area contributed by atoms with Crippen LogP contribution in [-0.2, 0) is 9.47 Å². The van der Waals surface area contributed by atoms with E-state index in [0.29, 0.717) is 13.2 Å². The number of ether oxygens (including phenoxy) is 4. The minimum absolute atomic E-state index is 0.228. The maximum Gasteiger partial charge on any atom is 0.143 e.